The lowest BCUT2D eigenvalue weighted by atomic mass is 10.2. The monoisotopic (exact) mass is 223 g/mol. The van der Waals surface area contributed by atoms with Crippen LogP contribution in [0.4, 0.5) is 5.69 Å². The highest BCUT2D eigenvalue weighted by Crippen LogP contribution is 2.13. The summed E-state index contributed by atoms with van der Waals surface area (Å²) in [4.78, 5) is 16.2. The second-order valence-electron chi connectivity index (χ2n) is 4.17. The third-order valence-corrected chi connectivity index (χ3v) is 2.96. The number of carbonyl (C=O) groups excluding carboxylic acids is 1. The van der Waals surface area contributed by atoms with Crippen molar-refractivity contribution in [3.8, 4) is 0 Å². The van der Waals surface area contributed by atoms with E-state index in [4.69, 9.17) is 5.73 Å². The first-order chi connectivity index (χ1) is 7.59. The topological polar surface area (TPSA) is 67.4 Å². The number of aromatic nitrogens is 2. The maximum atomic E-state index is 12.2. The van der Waals surface area contributed by atoms with Gasteiger partial charge >= 0.3 is 0 Å². The fourth-order valence-electron chi connectivity index (χ4n) is 1.88. The number of likely N-dealkylation sites (N-methyl/N-ethyl adjacent to an activating group) is 1. The van der Waals surface area contributed by atoms with E-state index in [2.05, 4.69) is 17.0 Å². The van der Waals surface area contributed by atoms with Gasteiger partial charge in [0.1, 0.15) is 5.69 Å². The number of hydrogen-bond acceptors (Lipinski definition) is 4. The van der Waals surface area contributed by atoms with Gasteiger partial charge in [-0.3, -0.25) is 9.48 Å². The van der Waals surface area contributed by atoms with Gasteiger partial charge in [0.05, 0.1) is 11.9 Å². The molecule has 1 aromatic heterocycles. The van der Waals surface area contributed by atoms with Gasteiger partial charge < -0.3 is 15.5 Å². The number of aryl methyl sites for hydroxylation is 1. The summed E-state index contributed by atoms with van der Waals surface area (Å²) in [5, 5.41) is 3.98. The summed E-state index contributed by atoms with van der Waals surface area (Å²) >= 11 is 0. The third kappa shape index (κ3) is 1.88. The Kier molecular flexibility index (Phi) is 2.82. The molecular formula is C10H17N5O. The van der Waals surface area contributed by atoms with Crippen molar-refractivity contribution in [1.29, 1.82) is 0 Å². The van der Waals surface area contributed by atoms with E-state index in [-0.39, 0.29) is 5.91 Å². The number of rotatable bonds is 1. The predicted molar refractivity (Wildman–Crippen MR) is 61.0 cm³/mol. The molecule has 88 valence electrons. The molecule has 1 fully saturated rings. The smallest absolute Gasteiger partial charge is 0.274 e. The van der Waals surface area contributed by atoms with Crippen LogP contribution in [-0.4, -0.2) is 58.7 Å². The van der Waals surface area contributed by atoms with E-state index in [9.17, 15) is 4.79 Å². The molecule has 0 spiro atoms. The van der Waals surface area contributed by atoms with Crippen LogP contribution < -0.4 is 5.73 Å². The molecule has 0 atom stereocenters. The van der Waals surface area contributed by atoms with Gasteiger partial charge in [0.25, 0.3) is 5.91 Å². The van der Waals surface area contributed by atoms with Crippen LogP contribution in [0.3, 0.4) is 0 Å². The minimum atomic E-state index is -0.0226. The van der Waals surface area contributed by atoms with Gasteiger partial charge in [0, 0.05) is 33.2 Å². The molecule has 1 saturated heterocycles. The molecule has 6 nitrogen and oxygen atoms in total. The number of amides is 1. The Bertz CT molecular complexity index is 372. The molecule has 0 unspecified atom stereocenters. The fourth-order valence-corrected chi connectivity index (χ4v) is 1.88. The lowest BCUT2D eigenvalue weighted by Crippen LogP contribution is -2.47. The van der Waals surface area contributed by atoms with E-state index in [1.807, 2.05) is 4.90 Å². The van der Waals surface area contributed by atoms with E-state index in [0.29, 0.717) is 11.4 Å². The van der Waals surface area contributed by atoms with Crippen LogP contribution in [0.25, 0.3) is 0 Å². The second-order valence-corrected chi connectivity index (χ2v) is 4.17. The van der Waals surface area contributed by atoms with E-state index >= 15 is 0 Å². The first-order valence-electron chi connectivity index (χ1n) is 5.35. The minimum Gasteiger partial charge on any atom is -0.396 e. The molecule has 0 saturated carbocycles. The molecule has 1 amide bonds. The molecule has 1 aromatic rings. The molecular weight excluding hydrogens is 206 g/mol. The van der Waals surface area contributed by atoms with Crippen LogP contribution in [0.5, 0.6) is 0 Å². The highest BCUT2D eigenvalue weighted by Gasteiger charge is 2.24. The van der Waals surface area contributed by atoms with Gasteiger partial charge in [-0.25, -0.2) is 0 Å². The van der Waals surface area contributed by atoms with Crippen LogP contribution in [0.15, 0.2) is 6.20 Å². The van der Waals surface area contributed by atoms with E-state index in [0.717, 1.165) is 26.2 Å². The van der Waals surface area contributed by atoms with Gasteiger partial charge in [-0.05, 0) is 7.05 Å². The van der Waals surface area contributed by atoms with E-state index < -0.39 is 0 Å². The Morgan fingerprint density at radius 2 is 1.94 bits per heavy atom. The van der Waals surface area contributed by atoms with Crippen molar-refractivity contribution in [1.82, 2.24) is 19.6 Å². The Labute approximate surface area is 94.6 Å². The largest absolute Gasteiger partial charge is 0.396 e. The highest BCUT2D eigenvalue weighted by molar-refractivity contribution is 5.97. The molecule has 2 rings (SSSR count). The van der Waals surface area contributed by atoms with Crippen LogP contribution in [0.1, 0.15) is 10.5 Å². The first-order valence-corrected chi connectivity index (χ1v) is 5.35. The SMILES string of the molecule is CN1CCN(C(=O)c2c(N)cnn2C)CC1. The molecule has 1 aliphatic rings. The highest BCUT2D eigenvalue weighted by atomic mass is 16.2. The van der Waals surface area contributed by atoms with Gasteiger partial charge in [0.15, 0.2) is 0 Å². The molecule has 6 heteroatoms. The molecule has 0 bridgehead atoms. The molecule has 2 heterocycles. The Hall–Kier alpha value is -1.56. The zero-order valence-corrected chi connectivity index (χ0v) is 9.68. The lowest BCUT2D eigenvalue weighted by Gasteiger charge is -2.32. The Balaban J connectivity index is 2.14. The Morgan fingerprint density at radius 3 is 2.44 bits per heavy atom. The summed E-state index contributed by atoms with van der Waals surface area (Å²) in [6, 6.07) is 0. The van der Waals surface area contributed by atoms with Gasteiger partial charge in [-0.1, -0.05) is 0 Å². The summed E-state index contributed by atoms with van der Waals surface area (Å²) in [7, 11) is 3.79. The van der Waals surface area contributed by atoms with Crippen LogP contribution >= 0.6 is 0 Å². The summed E-state index contributed by atoms with van der Waals surface area (Å²) < 4.78 is 1.54. The quantitative estimate of drug-likeness (QED) is 0.689. The van der Waals surface area contributed by atoms with E-state index in [1.165, 1.54) is 10.9 Å². The number of nitrogens with zero attached hydrogens (tertiary/aromatic N) is 4. The molecule has 0 aromatic carbocycles. The number of anilines is 1. The zero-order valence-electron chi connectivity index (χ0n) is 9.68. The molecule has 16 heavy (non-hydrogen) atoms. The third-order valence-electron chi connectivity index (χ3n) is 2.96. The number of nitrogen functional groups attached to an aromatic ring is 1. The van der Waals surface area contributed by atoms with Gasteiger partial charge in [0.2, 0.25) is 0 Å². The number of hydrogen-bond donors (Lipinski definition) is 1. The number of carbonyl (C=O) groups is 1. The van der Waals surface area contributed by atoms with Crippen molar-refractivity contribution in [2.24, 2.45) is 7.05 Å². The van der Waals surface area contributed by atoms with Crippen LogP contribution in [0, 0.1) is 0 Å². The van der Waals surface area contributed by atoms with Crippen molar-refractivity contribution in [2.45, 2.75) is 0 Å². The normalized spacial score (nSPS) is 17.8. The average Bonchev–Trinajstić information content (AvgIpc) is 2.59. The first kappa shape index (κ1) is 10.9. The van der Waals surface area contributed by atoms with Gasteiger partial charge in [-0.15, -0.1) is 0 Å². The predicted octanol–water partition coefficient (Wildman–Crippen LogP) is -0.610. The number of nitrogens with two attached hydrogens (primary N) is 1. The Morgan fingerprint density at radius 1 is 1.31 bits per heavy atom. The summed E-state index contributed by atoms with van der Waals surface area (Å²) in [6.45, 7) is 3.31. The van der Waals surface area contributed by atoms with Crippen molar-refractivity contribution in [2.75, 3.05) is 39.0 Å². The molecule has 0 aliphatic carbocycles. The van der Waals surface area contributed by atoms with Crippen molar-refractivity contribution >= 4 is 11.6 Å². The maximum Gasteiger partial charge on any atom is 0.274 e. The zero-order chi connectivity index (χ0) is 11.7. The molecule has 1 aliphatic heterocycles. The van der Waals surface area contributed by atoms with Crippen molar-refractivity contribution < 1.29 is 4.79 Å². The standard InChI is InChI=1S/C10H17N5O/c1-13-3-5-15(6-4-13)10(16)9-8(11)7-12-14(9)2/h7H,3-6,11H2,1-2H3. The number of piperazine rings is 1. The summed E-state index contributed by atoms with van der Waals surface area (Å²) in [5.74, 6) is -0.0226. The molecule has 0 radical (unpaired) electrons. The average molecular weight is 223 g/mol. The van der Waals surface area contributed by atoms with Gasteiger partial charge in [-0.2, -0.15) is 5.10 Å². The van der Waals surface area contributed by atoms with Crippen molar-refractivity contribution in [3.63, 3.8) is 0 Å². The van der Waals surface area contributed by atoms with Crippen LogP contribution in [0.2, 0.25) is 0 Å². The summed E-state index contributed by atoms with van der Waals surface area (Å²) in [6.07, 6.45) is 1.52. The van der Waals surface area contributed by atoms with Crippen LogP contribution in [-0.2, 0) is 7.05 Å². The lowest BCUT2D eigenvalue weighted by molar-refractivity contribution is 0.0654. The van der Waals surface area contributed by atoms with E-state index in [1.54, 1.807) is 7.05 Å². The summed E-state index contributed by atoms with van der Waals surface area (Å²) in [5.41, 5.74) is 6.68. The fraction of sp³-hybridized carbons (Fsp3) is 0.600. The maximum absolute atomic E-state index is 12.2. The second kappa shape index (κ2) is 4.13. The molecule has 2 N–H and O–H groups in total. The van der Waals surface area contributed by atoms with Crippen molar-refractivity contribution in [3.05, 3.63) is 11.9 Å². The minimum absolute atomic E-state index is 0.0226.